The highest BCUT2D eigenvalue weighted by atomic mass is 16.3. The van der Waals surface area contributed by atoms with Gasteiger partial charge in [-0.25, -0.2) is 4.98 Å². The van der Waals surface area contributed by atoms with Crippen molar-refractivity contribution in [3.8, 4) is 0 Å². The lowest BCUT2D eigenvalue weighted by Gasteiger charge is -2.28. The van der Waals surface area contributed by atoms with Gasteiger partial charge in [0.25, 0.3) is 0 Å². The van der Waals surface area contributed by atoms with Crippen molar-refractivity contribution in [1.82, 2.24) is 9.55 Å². The molecule has 3 heteroatoms. The number of rotatable bonds is 2. The highest BCUT2D eigenvalue weighted by Crippen LogP contribution is 2.48. The summed E-state index contributed by atoms with van der Waals surface area (Å²) in [6.07, 6.45) is 2.57. The maximum absolute atomic E-state index is 11.0. The SMILES string of the molecule is CC1CC(C)(C)CC1(O)Cc1nc2ccccc2n1C. The smallest absolute Gasteiger partial charge is 0.112 e. The number of aliphatic hydroxyl groups is 1. The van der Waals surface area contributed by atoms with Crippen LogP contribution in [0.15, 0.2) is 24.3 Å². The van der Waals surface area contributed by atoms with Gasteiger partial charge in [-0.3, -0.25) is 0 Å². The molecule has 0 amide bonds. The Balaban J connectivity index is 1.95. The second-order valence-electron chi connectivity index (χ2n) is 7.30. The van der Waals surface area contributed by atoms with Crippen LogP contribution in [0.25, 0.3) is 11.0 Å². The number of imidazole rings is 1. The van der Waals surface area contributed by atoms with Crippen LogP contribution in [0.3, 0.4) is 0 Å². The van der Waals surface area contributed by atoms with Crippen LogP contribution in [0, 0.1) is 11.3 Å². The van der Waals surface area contributed by atoms with Gasteiger partial charge in [0.2, 0.25) is 0 Å². The number of para-hydroxylation sites is 2. The Morgan fingerprint density at radius 3 is 2.65 bits per heavy atom. The molecular formula is C17H24N2O. The number of hydrogen-bond acceptors (Lipinski definition) is 2. The average Bonchev–Trinajstić information content (AvgIpc) is 2.75. The van der Waals surface area contributed by atoms with Gasteiger partial charge in [-0.05, 0) is 36.3 Å². The molecule has 1 fully saturated rings. The molecule has 0 saturated heterocycles. The van der Waals surface area contributed by atoms with Crippen molar-refractivity contribution >= 4 is 11.0 Å². The van der Waals surface area contributed by atoms with Crippen LogP contribution < -0.4 is 0 Å². The third kappa shape index (κ3) is 2.14. The van der Waals surface area contributed by atoms with Crippen LogP contribution in [0.5, 0.6) is 0 Å². The summed E-state index contributed by atoms with van der Waals surface area (Å²) in [6.45, 7) is 6.66. The Morgan fingerprint density at radius 2 is 2.05 bits per heavy atom. The summed E-state index contributed by atoms with van der Waals surface area (Å²) < 4.78 is 2.12. The minimum atomic E-state index is -0.626. The molecule has 1 saturated carbocycles. The van der Waals surface area contributed by atoms with Crippen molar-refractivity contribution in [3.05, 3.63) is 30.1 Å². The summed E-state index contributed by atoms with van der Waals surface area (Å²) in [4.78, 5) is 4.71. The predicted molar refractivity (Wildman–Crippen MR) is 81.5 cm³/mol. The van der Waals surface area contributed by atoms with E-state index >= 15 is 0 Å². The maximum atomic E-state index is 11.0. The summed E-state index contributed by atoms with van der Waals surface area (Å²) in [5.41, 5.74) is 1.74. The third-order valence-electron chi connectivity index (χ3n) is 4.90. The molecule has 1 heterocycles. The van der Waals surface area contributed by atoms with Gasteiger partial charge in [0.15, 0.2) is 0 Å². The Morgan fingerprint density at radius 1 is 1.35 bits per heavy atom. The van der Waals surface area contributed by atoms with Gasteiger partial charge < -0.3 is 9.67 Å². The summed E-state index contributed by atoms with van der Waals surface area (Å²) in [6, 6.07) is 8.15. The zero-order valence-corrected chi connectivity index (χ0v) is 12.8. The van der Waals surface area contributed by atoms with Gasteiger partial charge in [0.05, 0.1) is 16.6 Å². The molecule has 0 radical (unpaired) electrons. The van der Waals surface area contributed by atoms with E-state index in [9.17, 15) is 5.11 Å². The van der Waals surface area contributed by atoms with Gasteiger partial charge in [-0.1, -0.05) is 32.9 Å². The predicted octanol–water partition coefficient (Wildman–Crippen LogP) is 3.30. The highest BCUT2D eigenvalue weighted by molar-refractivity contribution is 5.75. The van der Waals surface area contributed by atoms with E-state index in [2.05, 4.69) is 31.4 Å². The lowest BCUT2D eigenvalue weighted by Crippen LogP contribution is -2.35. The minimum absolute atomic E-state index is 0.221. The van der Waals surface area contributed by atoms with Crippen molar-refractivity contribution in [2.45, 2.75) is 45.6 Å². The molecule has 1 aromatic heterocycles. The fourth-order valence-corrected chi connectivity index (χ4v) is 3.96. The van der Waals surface area contributed by atoms with Gasteiger partial charge in [-0.2, -0.15) is 0 Å². The molecule has 1 aliphatic carbocycles. The van der Waals surface area contributed by atoms with Crippen LogP contribution in [0.2, 0.25) is 0 Å². The molecule has 20 heavy (non-hydrogen) atoms. The highest BCUT2D eigenvalue weighted by Gasteiger charge is 2.47. The molecule has 2 unspecified atom stereocenters. The molecule has 1 aromatic carbocycles. The van der Waals surface area contributed by atoms with E-state index in [1.54, 1.807) is 0 Å². The van der Waals surface area contributed by atoms with Crippen molar-refractivity contribution in [3.63, 3.8) is 0 Å². The van der Waals surface area contributed by atoms with E-state index in [0.717, 1.165) is 29.7 Å². The van der Waals surface area contributed by atoms with Crippen LogP contribution in [-0.4, -0.2) is 20.3 Å². The van der Waals surface area contributed by atoms with Crippen LogP contribution in [0.1, 0.15) is 39.4 Å². The van der Waals surface area contributed by atoms with Gasteiger partial charge >= 0.3 is 0 Å². The standard InChI is InChI=1S/C17H24N2O/c1-12-9-16(2,3)11-17(12,20)10-15-18-13-7-5-6-8-14(13)19(15)4/h5-8,12,20H,9-11H2,1-4H3. The Labute approximate surface area is 120 Å². The summed E-state index contributed by atoms with van der Waals surface area (Å²) in [5.74, 6) is 1.30. The number of nitrogens with zero attached hydrogens (tertiary/aromatic N) is 2. The number of fused-ring (bicyclic) bond motifs is 1. The summed E-state index contributed by atoms with van der Waals surface area (Å²) in [7, 11) is 2.04. The topological polar surface area (TPSA) is 38.1 Å². The van der Waals surface area contributed by atoms with E-state index in [0.29, 0.717) is 12.3 Å². The van der Waals surface area contributed by atoms with Crippen molar-refractivity contribution in [1.29, 1.82) is 0 Å². The molecule has 1 aliphatic rings. The van der Waals surface area contributed by atoms with E-state index in [1.807, 2.05) is 25.2 Å². The molecule has 0 spiro atoms. The Bertz CT molecular complexity index is 643. The van der Waals surface area contributed by atoms with Crippen molar-refractivity contribution in [2.24, 2.45) is 18.4 Å². The first kappa shape index (κ1) is 13.6. The number of benzene rings is 1. The number of hydrogen-bond donors (Lipinski definition) is 1. The zero-order valence-electron chi connectivity index (χ0n) is 12.8. The largest absolute Gasteiger partial charge is 0.389 e. The average molecular weight is 272 g/mol. The molecular weight excluding hydrogens is 248 g/mol. The van der Waals surface area contributed by atoms with Crippen LogP contribution >= 0.6 is 0 Å². The van der Waals surface area contributed by atoms with Gasteiger partial charge in [-0.15, -0.1) is 0 Å². The minimum Gasteiger partial charge on any atom is -0.389 e. The second kappa shape index (κ2) is 4.32. The first-order valence-electron chi connectivity index (χ1n) is 7.43. The Kier molecular flexibility index (Phi) is 2.94. The van der Waals surface area contributed by atoms with Gasteiger partial charge in [0.1, 0.15) is 5.82 Å². The van der Waals surface area contributed by atoms with E-state index in [-0.39, 0.29) is 5.41 Å². The molecule has 108 valence electrons. The molecule has 2 atom stereocenters. The maximum Gasteiger partial charge on any atom is 0.112 e. The van der Waals surface area contributed by atoms with E-state index < -0.39 is 5.60 Å². The fraction of sp³-hybridized carbons (Fsp3) is 0.588. The second-order valence-corrected chi connectivity index (χ2v) is 7.30. The summed E-state index contributed by atoms with van der Waals surface area (Å²) in [5, 5.41) is 11.0. The lowest BCUT2D eigenvalue weighted by molar-refractivity contribution is 0.00224. The zero-order chi connectivity index (χ0) is 14.5. The molecule has 0 aliphatic heterocycles. The first-order chi connectivity index (χ1) is 9.31. The number of aromatic nitrogens is 2. The lowest BCUT2D eigenvalue weighted by atomic mass is 9.87. The van der Waals surface area contributed by atoms with Crippen LogP contribution in [0.4, 0.5) is 0 Å². The molecule has 3 nitrogen and oxygen atoms in total. The third-order valence-corrected chi connectivity index (χ3v) is 4.90. The Hall–Kier alpha value is -1.35. The van der Waals surface area contributed by atoms with Crippen molar-refractivity contribution in [2.75, 3.05) is 0 Å². The molecule has 3 rings (SSSR count). The molecule has 2 aromatic rings. The quantitative estimate of drug-likeness (QED) is 0.911. The fourth-order valence-electron chi connectivity index (χ4n) is 3.96. The van der Waals surface area contributed by atoms with Crippen LogP contribution in [-0.2, 0) is 13.5 Å². The molecule has 0 bridgehead atoms. The monoisotopic (exact) mass is 272 g/mol. The van der Waals surface area contributed by atoms with E-state index in [4.69, 9.17) is 4.98 Å². The van der Waals surface area contributed by atoms with E-state index in [1.165, 1.54) is 0 Å². The van der Waals surface area contributed by atoms with Crippen molar-refractivity contribution < 1.29 is 5.11 Å². The summed E-state index contributed by atoms with van der Waals surface area (Å²) >= 11 is 0. The normalized spacial score (nSPS) is 29.1. The van der Waals surface area contributed by atoms with Gasteiger partial charge in [0, 0.05) is 13.5 Å². The number of aryl methyl sites for hydroxylation is 1. The first-order valence-corrected chi connectivity index (χ1v) is 7.43. The molecule has 1 N–H and O–H groups in total.